The van der Waals surface area contributed by atoms with Gasteiger partial charge in [0.25, 0.3) is 0 Å². The van der Waals surface area contributed by atoms with Crippen LogP contribution >= 0.6 is 0 Å². The maximum absolute atomic E-state index is 6.32. The van der Waals surface area contributed by atoms with E-state index in [0.29, 0.717) is 6.04 Å². The molecule has 4 heterocycles. The first-order chi connectivity index (χ1) is 10.8. The van der Waals surface area contributed by atoms with E-state index in [0.717, 1.165) is 26.2 Å². The third-order valence-corrected chi connectivity index (χ3v) is 5.73. The second-order valence-electron chi connectivity index (χ2n) is 7.19. The number of hydrogen-bond acceptors (Lipinski definition) is 4. The van der Waals surface area contributed by atoms with E-state index in [1.807, 2.05) is 12.3 Å². The maximum Gasteiger partial charge on any atom is 0.0723 e. The quantitative estimate of drug-likeness (QED) is 0.856. The number of aromatic nitrogens is 1. The molecule has 120 valence electrons. The smallest absolute Gasteiger partial charge is 0.0723 e. The van der Waals surface area contributed by atoms with E-state index in [4.69, 9.17) is 4.74 Å². The molecule has 4 heteroatoms. The second kappa shape index (κ2) is 6.26. The highest BCUT2D eigenvalue weighted by atomic mass is 16.5. The average molecular weight is 301 g/mol. The summed E-state index contributed by atoms with van der Waals surface area (Å²) in [5.41, 5.74) is 1.36. The molecular weight excluding hydrogens is 274 g/mol. The minimum Gasteiger partial charge on any atom is -0.373 e. The van der Waals surface area contributed by atoms with Crippen LogP contribution in [0.25, 0.3) is 0 Å². The summed E-state index contributed by atoms with van der Waals surface area (Å²) in [5.74, 6) is 0. The van der Waals surface area contributed by atoms with Gasteiger partial charge in [-0.25, -0.2) is 0 Å². The van der Waals surface area contributed by atoms with Crippen molar-refractivity contribution in [3.05, 3.63) is 30.1 Å². The van der Waals surface area contributed by atoms with Crippen molar-refractivity contribution in [1.29, 1.82) is 0 Å². The second-order valence-corrected chi connectivity index (χ2v) is 7.19. The molecule has 0 bridgehead atoms. The molecular formula is C18H27N3O. The van der Waals surface area contributed by atoms with Crippen molar-refractivity contribution in [2.45, 2.75) is 50.3 Å². The van der Waals surface area contributed by atoms with E-state index < -0.39 is 0 Å². The molecule has 0 saturated carbocycles. The number of ether oxygens (including phenoxy) is 1. The van der Waals surface area contributed by atoms with Gasteiger partial charge in [-0.3, -0.25) is 14.8 Å². The summed E-state index contributed by atoms with van der Waals surface area (Å²) in [7, 11) is 0. The molecule has 0 aliphatic carbocycles. The minimum absolute atomic E-state index is 0.174. The van der Waals surface area contributed by atoms with Crippen LogP contribution in [-0.4, -0.2) is 59.2 Å². The van der Waals surface area contributed by atoms with Crippen molar-refractivity contribution >= 4 is 0 Å². The molecule has 3 aliphatic rings. The van der Waals surface area contributed by atoms with E-state index in [1.54, 1.807) is 0 Å². The summed E-state index contributed by atoms with van der Waals surface area (Å²) in [6.07, 6.45) is 8.27. The Hall–Kier alpha value is -0.970. The number of nitrogens with zero attached hydrogens (tertiary/aromatic N) is 3. The topological polar surface area (TPSA) is 28.6 Å². The Morgan fingerprint density at radius 3 is 2.68 bits per heavy atom. The highest BCUT2D eigenvalue weighted by Crippen LogP contribution is 2.38. The van der Waals surface area contributed by atoms with E-state index in [9.17, 15) is 0 Å². The number of piperidine rings is 1. The molecule has 0 N–H and O–H groups in total. The monoisotopic (exact) mass is 301 g/mol. The Kier molecular flexibility index (Phi) is 4.16. The lowest BCUT2D eigenvalue weighted by Gasteiger charge is -2.38. The fourth-order valence-electron chi connectivity index (χ4n) is 4.35. The summed E-state index contributed by atoms with van der Waals surface area (Å²) in [5, 5.41) is 0. The zero-order valence-corrected chi connectivity index (χ0v) is 13.4. The van der Waals surface area contributed by atoms with Crippen molar-refractivity contribution in [2.24, 2.45) is 0 Å². The van der Waals surface area contributed by atoms with E-state index in [-0.39, 0.29) is 5.60 Å². The summed E-state index contributed by atoms with van der Waals surface area (Å²) < 4.78 is 6.32. The summed E-state index contributed by atoms with van der Waals surface area (Å²) in [6, 6.07) is 6.87. The van der Waals surface area contributed by atoms with E-state index in [1.165, 1.54) is 50.9 Å². The Morgan fingerprint density at radius 2 is 1.95 bits per heavy atom. The molecule has 4 nitrogen and oxygen atoms in total. The van der Waals surface area contributed by atoms with Gasteiger partial charge in [0.15, 0.2) is 0 Å². The van der Waals surface area contributed by atoms with Crippen molar-refractivity contribution in [1.82, 2.24) is 14.8 Å². The van der Waals surface area contributed by atoms with Crippen LogP contribution in [0.3, 0.4) is 0 Å². The first-order valence-electron chi connectivity index (χ1n) is 8.83. The van der Waals surface area contributed by atoms with Crippen LogP contribution in [0.2, 0.25) is 0 Å². The molecule has 3 saturated heterocycles. The third-order valence-electron chi connectivity index (χ3n) is 5.73. The Morgan fingerprint density at radius 1 is 1.14 bits per heavy atom. The van der Waals surface area contributed by atoms with Gasteiger partial charge in [-0.15, -0.1) is 0 Å². The van der Waals surface area contributed by atoms with Crippen molar-refractivity contribution in [3.63, 3.8) is 0 Å². The van der Waals surface area contributed by atoms with E-state index in [2.05, 4.69) is 26.9 Å². The number of hydrogen-bond donors (Lipinski definition) is 0. The molecule has 1 aromatic rings. The molecule has 1 atom stereocenters. The fourth-order valence-corrected chi connectivity index (χ4v) is 4.35. The molecule has 0 unspecified atom stereocenters. The van der Waals surface area contributed by atoms with Crippen LogP contribution in [0, 0.1) is 0 Å². The molecule has 1 aromatic heterocycles. The van der Waals surface area contributed by atoms with E-state index >= 15 is 0 Å². The van der Waals surface area contributed by atoms with Crippen LogP contribution in [-0.2, 0) is 11.3 Å². The SMILES string of the molecule is c1ccc(CN2CCC3(CC2)C[C@@H](N2CCCC2)CO3)nc1. The van der Waals surface area contributed by atoms with Gasteiger partial charge in [0.05, 0.1) is 17.9 Å². The molecule has 3 fully saturated rings. The van der Waals surface area contributed by atoms with Gasteiger partial charge in [0.2, 0.25) is 0 Å². The molecule has 0 amide bonds. The normalized spacial score (nSPS) is 29.4. The predicted octanol–water partition coefficient (Wildman–Crippen LogP) is 2.30. The zero-order valence-electron chi connectivity index (χ0n) is 13.4. The van der Waals surface area contributed by atoms with Crippen LogP contribution in [0.5, 0.6) is 0 Å². The van der Waals surface area contributed by atoms with Gasteiger partial charge in [0, 0.05) is 31.9 Å². The molecule has 0 radical (unpaired) electrons. The average Bonchev–Trinajstić information content (AvgIpc) is 3.21. The summed E-state index contributed by atoms with van der Waals surface area (Å²) in [6.45, 7) is 6.80. The number of likely N-dealkylation sites (tertiary alicyclic amines) is 2. The fraction of sp³-hybridized carbons (Fsp3) is 0.722. The molecule has 0 aromatic carbocycles. The number of rotatable bonds is 3. The van der Waals surface area contributed by atoms with Crippen LogP contribution in [0.4, 0.5) is 0 Å². The van der Waals surface area contributed by atoms with Gasteiger partial charge in [-0.2, -0.15) is 0 Å². The van der Waals surface area contributed by atoms with Crippen molar-refractivity contribution in [3.8, 4) is 0 Å². The summed E-state index contributed by atoms with van der Waals surface area (Å²) >= 11 is 0. The minimum atomic E-state index is 0.174. The largest absolute Gasteiger partial charge is 0.373 e. The van der Waals surface area contributed by atoms with Crippen LogP contribution in [0.15, 0.2) is 24.4 Å². The zero-order chi connectivity index (χ0) is 14.8. The van der Waals surface area contributed by atoms with Gasteiger partial charge in [0.1, 0.15) is 0 Å². The van der Waals surface area contributed by atoms with Crippen molar-refractivity contribution in [2.75, 3.05) is 32.8 Å². The lowest BCUT2D eigenvalue weighted by atomic mass is 9.87. The molecule has 1 spiro atoms. The maximum atomic E-state index is 6.32. The molecule has 4 rings (SSSR count). The van der Waals surface area contributed by atoms with Gasteiger partial charge in [-0.1, -0.05) is 6.07 Å². The first kappa shape index (κ1) is 14.6. The standard InChI is InChI=1S/C18H27N3O/c1-2-8-19-16(5-1)14-20-11-6-18(7-12-20)13-17(15-22-18)21-9-3-4-10-21/h1-2,5,8,17H,3-4,6-7,9-15H2/t17-/m1/s1. The predicted molar refractivity (Wildman–Crippen MR) is 86.6 cm³/mol. The Bertz CT molecular complexity index is 478. The molecule has 22 heavy (non-hydrogen) atoms. The highest BCUT2D eigenvalue weighted by molar-refractivity contribution is 5.04. The highest BCUT2D eigenvalue weighted by Gasteiger charge is 2.44. The van der Waals surface area contributed by atoms with Gasteiger partial charge in [-0.05, 0) is 57.3 Å². The number of pyridine rings is 1. The Labute approximate surface area is 133 Å². The third kappa shape index (κ3) is 3.05. The van der Waals surface area contributed by atoms with Crippen molar-refractivity contribution < 1.29 is 4.74 Å². The lowest BCUT2D eigenvalue weighted by Crippen LogP contribution is -2.44. The Balaban J connectivity index is 1.30. The lowest BCUT2D eigenvalue weighted by molar-refractivity contribution is -0.0454. The summed E-state index contributed by atoms with van der Waals surface area (Å²) in [4.78, 5) is 9.64. The first-order valence-corrected chi connectivity index (χ1v) is 8.83. The van der Waals surface area contributed by atoms with Crippen LogP contribution in [0.1, 0.15) is 37.8 Å². The van der Waals surface area contributed by atoms with Gasteiger partial charge < -0.3 is 4.74 Å². The molecule has 3 aliphatic heterocycles. The van der Waals surface area contributed by atoms with Gasteiger partial charge >= 0.3 is 0 Å². The van der Waals surface area contributed by atoms with Crippen LogP contribution < -0.4 is 0 Å².